The quantitative estimate of drug-likeness (QED) is 0.498. The van der Waals surface area contributed by atoms with Gasteiger partial charge >= 0.3 is 5.63 Å². The van der Waals surface area contributed by atoms with Crippen LogP contribution in [0.2, 0.25) is 0 Å². The summed E-state index contributed by atoms with van der Waals surface area (Å²) >= 11 is 0. The van der Waals surface area contributed by atoms with Crippen LogP contribution in [0.25, 0.3) is 11.0 Å². The molecule has 0 spiro atoms. The summed E-state index contributed by atoms with van der Waals surface area (Å²) in [5, 5.41) is 21.0. The lowest BCUT2D eigenvalue weighted by Crippen LogP contribution is -2.21. The van der Waals surface area contributed by atoms with Gasteiger partial charge in [-0.2, -0.15) is 0 Å². The normalized spacial score (nSPS) is 12.3. The Morgan fingerprint density at radius 1 is 1.32 bits per heavy atom. The van der Waals surface area contributed by atoms with Crippen molar-refractivity contribution in [3.05, 3.63) is 50.4 Å². The summed E-state index contributed by atoms with van der Waals surface area (Å²) in [6, 6.07) is 6.38. The second-order valence-corrected chi connectivity index (χ2v) is 4.90. The van der Waals surface area contributed by atoms with Crippen molar-refractivity contribution in [3.63, 3.8) is 0 Å². The summed E-state index contributed by atoms with van der Waals surface area (Å²) in [6.07, 6.45) is -1.35. The van der Waals surface area contributed by atoms with Crippen LogP contribution in [0.4, 0.5) is 5.69 Å². The van der Waals surface area contributed by atoms with E-state index in [9.17, 15) is 20.0 Å². The van der Waals surface area contributed by atoms with E-state index in [-0.39, 0.29) is 5.56 Å². The minimum absolute atomic E-state index is 0.217. The number of fused-ring (bicyclic) bond motifs is 1. The third-order valence-electron chi connectivity index (χ3n) is 3.57. The second kappa shape index (κ2) is 6.57. The Hall–Kier alpha value is -2.41. The summed E-state index contributed by atoms with van der Waals surface area (Å²) in [6.45, 7) is 4.98. The van der Waals surface area contributed by atoms with Gasteiger partial charge in [-0.05, 0) is 26.0 Å². The average molecular weight is 306 g/mol. The van der Waals surface area contributed by atoms with Crippen LogP contribution in [0.5, 0.6) is 0 Å². The van der Waals surface area contributed by atoms with Crippen LogP contribution >= 0.6 is 0 Å². The number of nitro groups is 1. The van der Waals surface area contributed by atoms with Gasteiger partial charge in [0.15, 0.2) is 0 Å². The molecule has 1 N–H and O–H groups in total. The first-order chi connectivity index (χ1) is 10.5. The van der Waals surface area contributed by atoms with Gasteiger partial charge in [0.25, 0.3) is 0 Å². The highest BCUT2D eigenvalue weighted by Crippen LogP contribution is 2.27. The molecule has 0 amide bonds. The van der Waals surface area contributed by atoms with E-state index in [0.717, 1.165) is 24.8 Å². The number of hydrogen-bond donors (Lipinski definition) is 1. The van der Waals surface area contributed by atoms with Crippen molar-refractivity contribution in [1.29, 1.82) is 0 Å². The van der Waals surface area contributed by atoms with Crippen molar-refractivity contribution in [3.8, 4) is 0 Å². The second-order valence-electron chi connectivity index (χ2n) is 4.90. The molecule has 0 radical (unpaired) electrons. The van der Waals surface area contributed by atoms with Crippen molar-refractivity contribution in [1.82, 2.24) is 0 Å². The molecule has 7 heteroatoms. The van der Waals surface area contributed by atoms with E-state index < -0.39 is 23.2 Å². The van der Waals surface area contributed by atoms with Crippen LogP contribution in [0.3, 0.4) is 0 Å². The number of hydrogen-bond acceptors (Lipinski definition) is 6. The largest absolute Gasteiger partial charge is 0.423 e. The highest BCUT2D eigenvalue weighted by molar-refractivity contribution is 5.84. The maximum Gasteiger partial charge on any atom is 0.336 e. The van der Waals surface area contributed by atoms with Gasteiger partial charge < -0.3 is 14.4 Å². The Bertz CT molecular complexity index is 736. The highest BCUT2D eigenvalue weighted by atomic mass is 16.6. The molecule has 0 bridgehead atoms. The van der Waals surface area contributed by atoms with E-state index in [0.29, 0.717) is 11.0 Å². The molecule has 0 aliphatic rings. The zero-order valence-electron chi connectivity index (χ0n) is 12.5. The van der Waals surface area contributed by atoms with Crippen molar-refractivity contribution in [2.24, 2.45) is 0 Å². The first-order valence-electron chi connectivity index (χ1n) is 7.08. The Morgan fingerprint density at radius 2 is 2.00 bits per heavy atom. The number of aliphatic hydroxyl groups is 1. The van der Waals surface area contributed by atoms with Crippen molar-refractivity contribution in [2.45, 2.75) is 20.0 Å². The van der Waals surface area contributed by atoms with Crippen LogP contribution in [0.1, 0.15) is 25.5 Å². The predicted molar refractivity (Wildman–Crippen MR) is 82.9 cm³/mol. The van der Waals surface area contributed by atoms with E-state index in [1.54, 1.807) is 12.1 Å². The summed E-state index contributed by atoms with van der Waals surface area (Å²) in [5.41, 5.74) is 0.784. The van der Waals surface area contributed by atoms with Gasteiger partial charge in [0, 0.05) is 46.8 Å². The minimum Gasteiger partial charge on any atom is -0.423 e. The fraction of sp³-hybridized carbons (Fsp3) is 0.400. The fourth-order valence-corrected chi connectivity index (χ4v) is 2.48. The van der Waals surface area contributed by atoms with E-state index in [1.807, 2.05) is 19.9 Å². The molecule has 0 saturated heterocycles. The van der Waals surface area contributed by atoms with Crippen LogP contribution in [-0.2, 0) is 0 Å². The molecule has 2 aromatic rings. The number of aliphatic hydroxyl groups excluding tert-OH is 1. The molecule has 1 atom stereocenters. The lowest BCUT2D eigenvalue weighted by Gasteiger charge is -2.21. The number of nitrogens with zero attached hydrogens (tertiary/aromatic N) is 2. The summed E-state index contributed by atoms with van der Waals surface area (Å²) < 4.78 is 5.17. The van der Waals surface area contributed by atoms with Gasteiger partial charge in [-0.25, -0.2) is 4.79 Å². The van der Waals surface area contributed by atoms with Crippen molar-refractivity contribution >= 4 is 16.7 Å². The standard InChI is InChI=1S/C15H18N2O5/c1-3-16(4-2)10-5-6-11-12(13(18)9-17(20)21)8-15(19)22-14(11)7-10/h5-8,13,18H,3-4,9H2,1-2H3. The van der Waals surface area contributed by atoms with Crippen molar-refractivity contribution < 1.29 is 14.4 Å². The predicted octanol–water partition coefficient (Wildman–Crippen LogP) is 1.95. The molecule has 2 rings (SSSR count). The molecular weight excluding hydrogens is 288 g/mol. The zero-order valence-corrected chi connectivity index (χ0v) is 12.5. The van der Waals surface area contributed by atoms with E-state index >= 15 is 0 Å². The topological polar surface area (TPSA) is 96.8 Å². The zero-order chi connectivity index (χ0) is 16.3. The van der Waals surface area contributed by atoms with Gasteiger partial charge in [0.2, 0.25) is 6.54 Å². The van der Waals surface area contributed by atoms with Crippen LogP contribution in [-0.4, -0.2) is 29.7 Å². The van der Waals surface area contributed by atoms with E-state index in [2.05, 4.69) is 4.90 Å². The maximum absolute atomic E-state index is 11.7. The Balaban J connectivity index is 2.56. The monoisotopic (exact) mass is 306 g/mol. The number of anilines is 1. The molecular formula is C15H18N2O5. The lowest BCUT2D eigenvalue weighted by atomic mass is 10.0. The first-order valence-corrected chi connectivity index (χ1v) is 7.08. The molecule has 0 fully saturated rings. The Kier molecular flexibility index (Phi) is 4.77. The molecule has 1 heterocycles. The summed E-state index contributed by atoms with van der Waals surface area (Å²) in [7, 11) is 0. The molecule has 1 aromatic heterocycles. The minimum atomic E-state index is -1.35. The van der Waals surface area contributed by atoms with Gasteiger partial charge in [0.1, 0.15) is 11.7 Å². The first kappa shape index (κ1) is 16.0. The Labute approximate surface area is 126 Å². The Morgan fingerprint density at radius 3 is 2.59 bits per heavy atom. The van der Waals surface area contributed by atoms with Crippen molar-refractivity contribution in [2.75, 3.05) is 24.5 Å². The van der Waals surface area contributed by atoms with Crippen LogP contribution in [0.15, 0.2) is 33.5 Å². The molecule has 7 nitrogen and oxygen atoms in total. The van der Waals surface area contributed by atoms with Gasteiger partial charge in [-0.15, -0.1) is 0 Å². The molecule has 0 aliphatic heterocycles. The third kappa shape index (κ3) is 3.25. The van der Waals surface area contributed by atoms with Crippen LogP contribution in [0, 0.1) is 10.1 Å². The van der Waals surface area contributed by atoms with Gasteiger partial charge in [-0.3, -0.25) is 10.1 Å². The average Bonchev–Trinajstić information content (AvgIpc) is 2.46. The van der Waals surface area contributed by atoms with E-state index in [4.69, 9.17) is 4.42 Å². The summed E-state index contributed by atoms with van der Waals surface area (Å²) in [5.74, 6) is 0. The molecule has 0 aliphatic carbocycles. The maximum atomic E-state index is 11.7. The SMILES string of the molecule is CCN(CC)c1ccc2c(C(O)C[N+](=O)[O-])cc(=O)oc2c1. The summed E-state index contributed by atoms with van der Waals surface area (Å²) in [4.78, 5) is 23.7. The molecule has 22 heavy (non-hydrogen) atoms. The molecule has 0 saturated carbocycles. The number of rotatable bonds is 6. The third-order valence-corrected chi connectivity index (χ3v) is 3.57. The van der Waals surface area contributed by atoms with Crippen LogP contribution < -0.4 is 10.5 Å². The molecule has 1 aromatic carbocycles. The number of benzene rings is 1. The smallest absolute Gasteiger partial charge is 0.336 e. The lowest BCUT2D eigenvalue weighted by molar-refractivity contribution is -0.491. The van der Waals surface area contributed by atoms with Gasteiger partial charge in [0.05, 0.1) is 0 Å². The molecule has 118 valence electrons. The molecule has 1 unspecified atom stereocenters. The van der Waals surface area contributed by atoms with E-state index in [1.165, 1.54) is 0 Å². The fourth-order valence-electron chi connectivity index (χ4n) is 2.48. The van der Waals surface area contributed by atoms with Gasteiger partial charge in [-0.1, -0.05) is 0 Å². The highest BCUT2D eigenvalue weighted by Gasteiger charge is 2.19.